The van der Waals surface area contributed by atoms with Crippen LogP contribution in [-0.2, 0) is 30.4 Å². The Kier molecular flexibility index (Phi) is 8.14. The topological polar surface area (TPSA) is 56.8 Å². The molecule has 0 saturated heterocycles. The van der Waals surface area contributed by atoms with Crippen LogP contribution < -0.4 is 5.09 Å². The van der Waals surface area contributed by atoms with E-state index < -0.39 is 12.6 Å². The average Bonchev–Trinajstić information content (AvgIpc) is 2.12. The third-order valence-corrected chi connectivity index (χ3v) is 4.62. The first-order valence-corrected chi connectivity index (χ1v) is 8.58. The molecule has 0 aliphatic heterocycles. The summed E-state index contributed by atoms with van der Waals surface area (Å²) < 4.78 is 15.7. The number of carbonyl (C=O) groups excluding carboxylic acids is 1. The fourth-order valence-corrected chi connectivity index (χ4v) is 4.69. The maximum atomic E-state index is 11.1. The first-order chi connectivity index (χ1) is 8.18. The van der Waals surface area contributed by atoms with Crippen molar-refractivity contribution >= 4 is 41.6 Å². The molecule has 0 heterocycles. The normalized spacial score (nSPS) is 11.7. The highest BCUT2D eigenvalue weighted by molar-refractivity contribution is 8.09. The van der Waals surface area contributed by atoms with Gasteiger partial charge < -0.3 is 18.9 Å². The summed E-state index contributed by atoms with van der Waals surface area (Å²) in [4.78, 5) is 11.4. The van der Waals surface area contributed by atoms with Crippen LogP contribution in [0.15, 0.2) is 0 Å². The predicted molar refractivity (Wildman–Crippen MR) is 79.1 cm³/mol. The number of ether oxygens (including phenoxy) is 1. The lowest BCUT2D eigenvalue weighted by atomic mass is 10.4. The van der Waals surface area contributed by atoms with Gasteiger partial charge in [-0.05, 0) is 39.5 Å². The molecule has 18 heavy (non-hydrogen) atoms. The number of hydrogen-bond acceptors (Lipinski definition) is 6. The van der Waals surface area contributed by atoms with E-state index in [9.17, 15) is 4.79 Å². The van der Waals surface area contributed by atoms with E-state index >= 15 is 0 Å². The van der Waals surface area contributed by atoms with Crippen molar-refractivity contribution in [2.24, 2.45) is 0 Å². The molecule has 0 unspecified atom stereocenters. The third kappa shape index (κ3) is 8.11. The van der Waals surface area contributed by atoms with Gasteiger partial charge in [0, 0.05) is 0 Å². The molecule has 8 heteroatoms. The number of hydrogen-bond donors (Lipinski definition) is 1. The molecule has 0 aliphatic rings. The lowest BCUT2D eigenvalue weighted by Gasteiger charge is -2.27. The smallest absolute Gasteiger partial charge is 0.312 e. The van der Waals surface area contributed by atoms with Gasteiger partial charge in [-0.2, -0.15) is 0 Å². The number of nitrogens with one attached hydrogen (secondary N) is 1. The zero-order chi connectivity index (χ0) is 14.3. The van der Waals surface area contributed by atoms with Gasteiger partial charge in [0.05, 0.1) is 30.7 Å². The van der Waals surface area contributed by atoms with Gasteiger partial charge in [-0.15, -0.1) is 0 Å². The summed E-state index contributed by atoms with van der Waals surface area (Å²) >= 11 is 10.4. The highest BCUT2D eigenvalue weighted by atomic mass is 32.5. The van der Waals surface area contributed by atoms with E-state index in [-0.39, 0.29) is 23.6 Å². The quantitative estimate of drug-likeness (QED) is 0.440. The molecular formula is C10H20NO4PS2. The molecule has 0 aromatic carbocycles. The van der Waals surface area contributed by atoms with Crippen molar-refractivity contribution in [3.05, 3.63) is 0 Å². The van der Waals surface area contributed by atoms with Gasteiger partial charge in [-0.1, -0.05) is 12.2 Å². The maximum Gasteiger partial charge on any atom is 0.312 e. The van der Waals surface area contributed by atoms with E-state index in [1.165, 1.54) is 7.11 Å². The molecule has 0 fully saturated rings. The first-order valence-electron chi connectivity index (χ1n) is 5.53. The van der Waals surface area contributed by atoms with Crippen molar-refractivity contribution in [2.75, 3.05) is 7.11 Å². The van der Waals surface area contributed by atoms with Crippen LogP contribution in [0.25, 0.3) is 0 Å². The Bertz CT molecular complexity index is 333. The van der Waals surface area contributed by atoms with Crippen molar-refractivity contribution in [3.8, 4) is 0 Å². The Morgan fingerprint density at radius 3 is 2.00 bits per heavy atom. The van der Waals surface area contributed by atoms with Crippen LogP contribution in [0.3, 0.4) is 0 Å². The fraction of sp³-hybridized carbons (Fsp3) is 0.800. The molecule has 0 radical (unpaired) electrons. The number of rotatable bonds is 7. The van der Waals surface area contributed by atoms with E-state index in [4.69, 9.17) is 33.1 Å². The maximum absolute atomic E-state index is 11.1. The molecule has 0 atom stereocenters. The number of thiocarbonyl (C=S) groups is 1. The Hall–Kier alpha value is -0.0700. The second-order valence-electron chi connectivity index (χ2n) is 4.09. The second-order valence-corrected chi connectivity index (χ2v) is 7.67. The zero-order valence-electron chi connectivity index (χ0n) is 11.3. The zero-order valence-corrected chi connectivity index (χ0v) is 13.8. The largest absolute Gasteiger partial charge is 0.469 e. The molecule has 1 N–H and O–H groups in total. The third-order valence-electron chi connectivity index (χ3n) is 1.49. The van der Waals surface area contributed by atoms with Crippen LogP contribution in [-0.4, -0.2) is 30.3 Å². The van der Waals surface area contributed by atoms with Crippen molar-refractivity contribution < 1.29 is 18.6 Å². The molecule has 0 aromatic heterocycles. The highest BCUT2D eigenvalue weighted by Gasteiger charge is 2.24. The molecule has 0 saturated carbocycles. The van der Waals surface area contributed by atoms with Crippen molar-refractivity contribution in [1.29, 1.82) is 0 Å². The van der Waals surface area contributed by atoms with Crippen molar-refractivity contribution in [2.45, 2.75) is 46.3 Å². The van der Waals surface area contributed by atoms with Gasteiger partial charge in [0.1, 0.15) is 0 Å². The molecule has 0 amide bonds. The predicted octanol–water partition coefficient (Wildman–Crippen LogP) is 2.54. The highest BCUT2D eigenvalue weighted by Crippen LogP contribution is 2.46. The van der Waals surface area contributed by atoms with Crippen LogP contribution in [0.5, 0.6) is 0 Å². The molecule has 0 rings (SSSR count). The van der Waals surface area contributed by atoms with Gasteiger partial charge in [0.25, 0.3) is 6.64 Å². The summed E-state index contributed by atoms with van der Waals surface area (Å²) in [6.45, 7) is 4.71. The summed E-state index contributed by atoms with van der Waals surface area (Å²) in [5, 5.41) is 2.83. The number of carbonyl (C=O) groups is 1. The molecule has 106 valence electrons. The molecule has 0 aromatic rings. The van der Waals surface area contributed by atoms with Crippen LogP contribution in [0.2, 0.25) is 0 Å². The van der Waals surface area contributed by atoms with Gasteiger partial charge >= 0.3 is 5.97 Å². The van der Waals surface area contributed by atoms with Gasteiger partial charge in [-0.25, -0.2) is 0 Å². The molecule has 5 nitrogen and oxygen atoms in total. The SMILES string of the molecule is COC(=O)CC(=S)NP(=S)(OC(C)C)OC(C)C. The van der Waals surface area contributed by atoms with Crippen molar-refractivity contribution in [1.82, 2.24) is 5.09 Å². The Morgan fingerprint density at radius 2 is 1.67 bits per heavy atom. The van der Waals surface area contributed by atoms with E-state index in [0.717, 1.165) is 0 Å². The average molecular weight is 313 g/mol. The lowest BCUT2D eigenvalue weighted by Crippen LogP contribution is -2.26. The minimum Gasteiger partial charge on any atom is -0.469 e. The van der Waals surface area contributed by atoms with E-state index in [2.05, 4.69) is 9.82 Å². The Morgan fingerprint density at radius 1 is 1.22 bits per heavy atom. The standard InChI is InChI=1S/C10H20NO4PS2/c1-7(2)14-16(18,15-8(3)4)11-9(17)6-10(12)13-5/h7-8H,6H2,1-5H3,(H,11,17,18). The van der Waals surface area contributed by atoms with E-state index in [1.54, 1.807) is 0 Å². The van der Waals surface area contributed by atoms with Gasteiger partial charge in [0.15, 0.2) is 0 Å². The van der Waals surface area contributed by atoms with E-state index in [0.29, 0.717) is 0 Å². The van der Waals surface area contributed by atoms with Gasteiger partial charge in [-0.3, -0.25) is 4.79 Å². The Balaban J connectivity index is 4.63. The van der Waals surface area contributed by atoms with Crippen LogP contribution in [0, 0.1) is 0 Å². The van der Waals surface area contributed by atoms with E-state index in [1.807, 2.05) is 27.7 Å². The summed E-state index contributed by atoms with van der Waals surface area (Å²) in [5.74, 6) is -0.428. The van der Waals surface area contributed by atoms with Crippen molar-refractivity contribution in [3.63, 3.8) is 0 Å². The Labute approximate surface area is 119 Å². The molecule has 0 spiro atoms. The molecule has 0 aliphatic carbocycles. The minimum atomic E-state index is -2.72. The van der Waals surface area contributed by atoms with Crippen LogP contribution in [0.4, 0.5) is 0 Å². The number of esters is 1. The summed E-state index contributed by atoms with van der Waals surface area (Å²) in [5.41, 5.74) is 0. The lowest BCUT2D eigenvalue weighted by molar-refractivity contribution is -0.139. The summed E-state index contributed by atoms with van der Waals surface area (Å²) in [6.07, 6.45) is -0.223. The summed E-state index contributed by atoms with van der Waals surface area (Å²) in [7, 11) is 1.30. The first kappa shape index (κ1) is 17.9. The second kappa shape index (κ2) is 8.17. The van der Waals surface area contributed by atoms with Crippen LogP contribution in [0.1, 0.15) is 34.1 Å². The van der Waals surface area contributed by atoms with Gasteiger partial charge in [0.2, 0.25) is 0 Å². The van der Waals surface area contributed by atoms with Crippen LogP contribution >= 0.6 is 18.9 Å². The monoisotopic (exact) mass is 313 g/mol. The fourth-order valence-electron chi connectivity index (χ4n) is 1.03. The summed E-state index contributed by atoms with van der Waals surface area (Å²) in [6, 6.07) is 0. The molecular weight excluding hydrogens is 293 g/mol. The molecule has 0 bridgehead atoms. The minimum absolute atomic E-state index is 0.0346. The number of methoxy groups -OCH3 is 1.